The fourth-order valence-electron chi connectivity index (χ4n) is 1.73. The molecule has 0 atom stereocenters. The molecule has 0 saturated carbocycles. The van der Waals surface area contributed by atoms with Gasteiger partial charge >= 0.3 is 0 Å². The van der Waals surface area contributed by atoms with Gasteiger partial charge in [-0.2, -0.15) is 0 Å². The maximum Gasteiger partial charge on any atom is 0.129 e. The molecule has 90 valence electrons. The van der Waals surface area contributed by atoms with Crippen molar-refractivity contribution in [1.29, 1.82) is 0 Å². The first kappa shape index (κ1) is 13.1. The molecule has 0 heterocycles. The molecule has 0 saturated heterocycles. The second kappa shape index (κ2) is 5.39. The van der Waals surface area contributed by atoms with Gasteiger partial charge in [0.1, 0.15) is 11.6 Å². The summed E-state index contributed by atoms with van der Waals surface area (Å²) in [5.41, 5.74) is 0.0927. The van der Waals surface area contributed by atoms with E-state index in [9.17, 15) is 8.78 Å². The first-order chi connectivity index (χ1) is 7.46. The normalized spacial score (nSPS) is 11.8. The second-order valence-electron chi connectivity index (χ2n) is 4.89. The zero-order valence-electron chi connectivity index (χ0n) is 10.1. The third kappa shape index (κ3) is 3.56. The Morgan fingerprint density at radius 2 is 1.75 bits per heavy atom. The van der Waals surface area contributed by atoms with E-state index in [2.05, 4.69) is 5.32 Å². The summed E-state index contributed by atoms with van der Waals surface area (Å²) in [5.74, 6) is -0.893. The van der Waals surface area contributed by atoms with Gasteiger partial charge in [-0.3, -0.25) is 0 Å². The maximum atomic E-state index is 13.4. The monoisotopic (exact) mass is 227 g/mol. The standard InChI is InChI=1S/C13H19F2N/c1-13(2,7-8-16-3)9-10-11(14)5-4-6-12(10)15/h4-6,16H,7-9H2,1-3H3. The van der Waals surface area contributed by atoms with Crippen LogP contribution in [0.25, 0.3) is 0 Å². The third-order valence-corrected chi connectivity index (χ3v) is 2.77. The molecule has 0 aromatic heterocycles. The number of benzene rings is 1. The predicted molar refractivity (Wildman–Crippen MR) is 62.4 cm³/mol. The predicted octanol–water partition coefficient (Wildman–Crippen LogP) is 3.14. The van der Waals surface area contributed by atoms with Gasteiger partial charge in [0.25, 0.3) is 0 Å². The largest absolute Gasteiger partial charge is 0.320 e. The van der Waals surface area contributed by atoms with Crippen LogP contribution >= 0.6 is 0 Å². The van der Waals surface area contributed by atoms with Crippen LogP contribution in [0.1, 0.15) is 25.8 Å². The van der Waals surface area contributed by atoms with Crippen molar-refractivity contribution in [3.8, 4) is 0 Å². The number of hydrogen-bond acceptors (Lipinski definition) is 1. The lowest BCUT2D eigenvalue weighted by atomic mass is 9.82. The van der Waals surface area contributed by atoms with Gasteiger partial charge in [-0.15, -0.1) is 0 Å². The molecule has 16 heavy (non-hydrogen) atoms. The van der Waals surface area contributed by atoms with Crippen LogP contribution in [0, 0.1) is 17.0 Å². The van der Waals surface area contributed by atoms with E-state index in [0.717, 1.165) is 13.0 Å². The third-order valence-electron chi connectivity index (χ3n) is 2.77. The average Bonchev–Trinajstić information content (AvgIpc) is 2.21. The van der Waals surface area contributed by atoms with Gasteiger partial charge < -0.3 is 5.32 Å². The number of rotatable bonds is 5. The lowest BCUT2D eigenvalue weighted by molar-refractivity contribution is 0.319. The Kier molecular flexibility index (Phi) is 4.42. The smallest absolute Gasteiger partial charge is 0.129 e. The van der Waals surface area contributed by atoms with E-state index in [1.807, 2.05) is 20.9 Å². The van der Waals surface area contributed by atoms with Crippen LogP contribution in [0.4, 0.5) is 8.78 Å². The van der Waals surface area contributed by atoms with Gasteiger partial charge in [-0.25, -0.2) is 8.78 Å². The summed E-state index contributed by atoms with van der Waals surface area (Å²) in [6.45, 7) is 4.90. The van der Waals surface area contributed by atoms with Gasteiger partial charge in [0.2, 0.25) is 0 Å². The molecular weight excluding hydrogens is 208 g/mol. The number of hydrogen-bond donors (Lipinski definition) is 1. The second-order valence-corrected chi connectivity index (χ2v) is 4.89. The van der Waals surface area contributed by atoms with Crippen molar-refractivity contribution in [3.63, 3.8) is 0 Å². The van der Waals surface area contributed by atoms with Gasteiger partial charge in [-0.05, 0) is 44.0 Å². The molecule has 0 spiro atoms. The molecule has 0 fully saturated rings. The molecular formula is C13H19F2N. The van der Waals surface area contributed by atoms with E-state index in [1.165, 1.54) is 18.2 Å². The maximum absolute atomic E-state index is 13.4. The molecule has 0 aliphatic rings. The summed E-state index contributed by atoms with van der Waals surface area (Å²) < 4.78 is 26.9. The Hall–Kier alpha value is -0.960. The highest BCUT2D eigenvalue weighted by molar-refractivity contribution is 5.20. The minimum absolute atomic E-state index is 0.105. The van der Waals surface area contributed by atoms with E-state index >= 15 is 0 Å². The van der Waals surface area contributed by atoms with Crippen LogP contribution < -0.4 is 5.32 Å². The summed E-state index contributed by atoms with van der Waals surface area (Å²) >= 11 is 0. The lowest BCUT2D eigenvalue weighted by Gasteiger charge is -2.25. The first-order valence-electron chi connectivity index (χ1n) is 5.54. The van der Waals surface area contributed by atoms with Crippen molar-refractivity contribution in [1.82, 2.24) is 5.32 Å². The van der Waals surface area contributed by atoms with E-state index in [0.29, 0.717) is 6.42 Å². The summed E-state index contributed by atoms with van der Waals surface area (Å²) in [7, 11) is 1.87. The molecule has 0 unspecified atom stereocenters. The molecule has 0 aliphatic carbocycles. The highest BCUT2D eigenvalue weighted by Gasteiger charge is 2.21. The fourth-order valence-corrected chi connectivity index (χ4v) is 1.73. The molecule has 1 aromatic carbocycles. The van der Waals surface area contributed by atoms with E-state index < -0.39 is 11.6 Å². The Labute approximate surface area is 95.9 Å². The van der Waals surface area contributed by atoms with Gasteiger partial charge in [0, 0.05) is 5.56 Å². The zero-order valence-corrected chi connectivity index (χ0v) is 10.1. The molecule has 1 rings (SSSR count). The van der Waals surface area contributed by atoms with Crippen molar-refractivity contribution < 1.29 is 8.78 Å². The topological polar surface area (TPSA) is 12.0 Å². The Bertz CT molecular complexity index is 328. The quantitative estimate of drug-likeness (QED) is 0.814. The molecule has 1 nitrogen and oxygen atoms in total. The Balaban J connectivity index is 2.79. The first-order valence-corrected chi connectivity index (χ1v) is 5.54. The summed E-state index contributed by atoms with van der Waals surface area (Å²) in [6.07, 6.45) is 1.31. The van der Waals surface area contributed by atoms with Crippen LogP contribution in [0.5, 0.6) is 0 Å². The Morgan fingerprint density at radius 3 is 2.25 bits per heavy atom. The van der Waals surface area contributed by atoms with Crippen molar-refractivity contribution in [2.24, 2.45) is 5.41 Å². The molecule has 0 bridgehead atoms. The highest BCUT2D eigenvalue weighted by atomic mass is 19.1. The average molecular weight is 227 g/mol. The van der Waals surface area contributed by atoms with Gasteiger partial charge in [-0.1, -0.05) is 19.9 Å². The SMILES string of the molecule is CNCCC(C)(C)Cc1c(F)cccc1F. The van der Waals surface area contributed by atoms with E-state index in [-0.39, 0.29) is 11.0 Å². The van der Waals surface area contributed by atoms with Gasteiger partial charge in [0.15, 0.2) is 0 Å². The minimum Gasteiger partial charge on any atom is -0.320 e. The lowest BCUT2D eigenvalue weighted by Crippen LogP contribution is -2.22. The zero-order chi connectivity index (χ0) is 12.2. The molecule has 1 aromatic rings. The molecule has 0 amide bonds. The van der Waals surface area contributed by atoms with Crippen LogP contribution in [0.15, 0.2) is 18.2 Å². The number of halogens is 2. The van der Waals surface area contributed by atoms with E-state index in [1.54, 1.807) is 0 Å². The summed E-state index contributed by atoms with van der Waals surface area (Å²) in [4.78, 5) is 0. The van der Waals surface area contributed by atoms with Crippen LogP contribution in [-0.2, 0) is 6.42 Å². The Morgan fingerprint density at radius 1 is 1.19 bits per heavy atom. The van der Waals surface area contributed by atoms with Crippen LogP contribution in [-0.4, -0.2) is 13.6 Å². The number of nitrogens with one attached hydrogen (secondary N) is 1. The van der Waals surface area contributed by atoms with E-state index in [4.69, 9.17) is 0 Å². The van der Waals surface area contributed by atoms with Crippen LogP contribution in [0.2, 0.25) is 0 Å². The molecule has 1 N–H and O–H groups in total. The van der Waals surface area contributed by atoms with Gasteiger partial charge in [0.05, 0.1) is 0 Å². The van der Waals surface area contributed by atoms with Crippen molar-refractivity contribution >= 4 is 0 Å². The highest BCUT2D eigenvalue weighted by Crippen LogP contribution is 2.28. The van der Waals surface area contributed by atoms with Crippen LogP contribution in [0.3, 0.4) is 0 Å². The molecule has 0 aliphatic heterocycles. The fraction of sp³-hybridized carbons (Fsp3) is 0.538. The summed E-state index contributed by atoms with van der Waals surface area (Å²) in [5, 5.41) is 3.05. The summed E-state index contributed by atoms with van der Waals surface area (Å²) in [6, 6.07) is 4.02. The van der Waals surface area contributed by atoms with Crippen molar-refractivity contribution in [3.05, 3.63) is 35.4 Å². The minimum atomic E-state index is -0.447. The molecule has 0 radical (unpaired) electrons. The molecule has 3 heteroatoms. The van der Waals surface area contributed by atoms with Crippen molar-refractivity contribution in [2.75, 3.05) is 13.6 Å². The van der Waals surface area contributed by atoms with Crippen molar-refractivity contribution in [2.45, 2.75) is 26.7 Å².